The van der Waals surface area contributed by atoms with Gasteiger partial charge >= 0.3 is 0 Å². The van der Waals surface area contributed by atoms with Gasteiger partial charge in [0.15, 0.2) is 0 Å². The van der Waals surface area contributed by atoms with Gasteiger partial charge in [0.1, 0.15) is 0 Å². The van der Waals surface area contributed by atoms with E-state index in [0.29, 0.717) is 6.04 Å². The van der Waals surface area contributed by atoms with Crippen LogP contribution < -0.4 is 5.32 Å². The van der Waals surface area contributed by atoms with Crippen molar-refractivity contribution in [2.75, 3.05) is 5.32 Å². The average molecular weight is 285 g/mol. The van der Waals surface area contributed by atoms with Crippen molar-refractivity contribution in [1.82, 2.24) is 0 Å². The minimum absolute atomic E-state index is 0.506. The molecule has 1 nitrogen and oxygen atoms in total. The van der Waals surface area contributed by atoms with Crippen LogP contribution in [0.25, 0.3) is 0 Å². The zero-order valence-electron chi connectivity index (χ0n) is 12.2. The number of benzene rings is 1. The molecule has 2 aromatic rings. The molecule has 1 heterocycles. The quantitative estimate of drug-likeness (QED) is 0.756. The number of thiophene rings is 1. The lowest BCUT2D eigenvalue weighted by atomic mass is 9.94. The highest BCUT2D eigenvalue weighted by molar-refractivity contribution is 7.10. The number of hydrogen-bond acceptors (Lipinski definition) is 2. The van der Waals surface area contributed by atoms with Crippen molar-refractivity contribution in [1.29, 1.82) is 0 Å². The second-order valence-corrected chi connectivity index (χ2v) is 6.69. The standard InChI is InChI=1S/C18H23NS/c1-2-3-5-14-8-10-15(11-9-14)19-17-6-4-7-18-16(17)12-13-20-18/h8-13,17,19H,2-7H2,1H3. The number of nitrogens with one attached hydrogen (secondary N) is 1. The summed E-state index contributed by atoms with van der Waals surface area (Å²) < 4.78 is 0. The normalized spacial score (nSPS) is 17.8. The van der Waals surface area contributed by atoms with Crippen LogP contribution in [0.15, 0.2) is 35.7 Å². The molecular formula is C18H23NS. The second-order valence-electron chi connectivity index (χ2n) is 5.69. The van der Waals surface area contributed by atoms with Crippen molar-refractivity contribution >= 4 is 17.0 Å². The zero-order chi connectivity index (χ0) is 13.8. The highest BCUT2D eigenvalue weighted by Gasteiger charge is 2.20. The average Bonchev–Trinajstić information content (AvgIpc) is 2.96. The molecule has 1 aromatic carbocycles. The third kappa shape index (κ3) is 3.06. The Hall–Kier alpha value is -1.28. The summed E-state index contributed by atoms with van der Waals surface area (Å²) in [4.78, 5) is 1.58. The maximum Gasteiger partial charge on any atom is 0.0524 e. The summed E-state index contributed by atoms with van der Waals surface area (Å²) in [6.07, 6.45) is 7.58. The molecule has 1 aliphatic rings. The zero-order valence-corrected chi connectivity index (χ0v) is 13.0. The fourth-order valence-electron chi connectivity index (χ4n) is 2.99. The van der Waals surface area contributed by atoms with E-state index in [1.807, 2.05) is 11.3 Å². The van der Waals surface area contributed by atoms with Crippen molar-refractivity contribution in [2.24, 2.45) is 0 Å². The minimum atomic E-state index is 0.506. The van der Waals surface area contributed by atoms with Gasteiger partial charge < -0.3 is 5.32 Å². The first-order valence-corrected chi connectivity index (χ1v) is 8.66. The molecule has 0 saturated carbocycles. The summed E-state index contributed by atoms with van der Waals surface area (Å²) in [5, 5.41) is 5.95. The number of aryl methyl sites for hydroxylation is 2. The number of fused-ring (bicyclic) bond motifs is 1. The summed E-state index contributed by atoms with van der Waals surface area (Å²) in [6, 6.07) is 11.8. The molecule has 20 heavy (non-hydrogen) atoms. The molecule has 3 rings (SSSR count). The lowest BCUT2D eigenvalue weighted by molar-refractivity contribution is 0.609. The Balaban J connectivity index is 1.67. The van der Waals surface area contributed by atoms with Crippen LogP contribution in [0.4, 0.5) is 5.69 Å². The summed E-state index contributed by atoms with van der Waals surface area (Å²) >= 11 is 1.91. The van der Waals surface area contributed by atoms with Gasteiger partial charge in [-0.2, -0.15) is 0 Å². The largest absolute Gasteiger partial charge is 0.378 e. The molecule has 0 saturated heterocycles. The Morgan fingerprint density at radius 2 is 2.05 bits per heavy atom. The van der Waals surface area contributed by atoms with Gasteiger partial charge in [0.2, 0.25) is 0 Å². The van der Waals surface area contributed by atoms with Crippen molar-refractivity contribution in [3.8, 4) is 0 Å². The van der Waals surface area contributed by atoms with Crippen LogP contribution in [-0.2, 0) is 12.8 Å². The van der Waals surface area contributed by atoms with Crippen LogP contribution in [0.2, 0.25) is 0 Å². The first-order valence-electron chi connectivity index (χ1n) is 7.78. The third-order valence-corrected chi connectivity index (χ3v) is 5.16. The Labute approximate surface area is 126 Å². The van der Waals surface area contributed by atoms with E-state index in [0.717, 1.165) is 0 Å². The van der Waals surface area contributed by atoms with Crippen LogP contribution in [0.1, 0.15) is 54.7 Å². The predicted molar refractivity (Wildman–Crippen MR) is 88.7 cm³/mol. The molecule has 1 N–H and O–H groups in total. The Kier molecular flexibility index (Phi) is 4.41. The molecule has 0 bridgehead atoms. The van der Waals surface area contributed by atoms with Crippen molar-refractivity contribution < 1.29 is 0 Å². The van der Waals surface area contributed by atoms with Gasteiger partial charge in [0, 0.05) is 10.6 Å². The molecule has 0 fully saturated rings. The smallest absolute Gasteiger partial charge is 0.0524 e. The molecule has 0 aliphatic heterocycles. The maximum atomic E-state index is 3.71. The van der Waals surface area contributed by atoms with Crippen molar-refractivity contribution in [3.63, 3.8) is 0 Å². The predicted octanol–water partition coefficient (Wildman–Crippen LogP) is 5.58. The van der Waals surface area contributed by atoms with Crippen LogP contribution in [-0.4, -0.2) is 0 Å². The van der Waals surface area contributed by atoms with Gasteiger partial charge in [-0.1, -0.05) is 25.5 Å². The molecule has 0 spiro atoms. The maximum absolute atomic E-state index is 3.71. The SMILES string of the molecule is CCCCc1ccc(NC2CCCc3sccc32)cc1. The molecule has 1 aromatic heterocycles. The van der Waals surface area contributed by atoms with E-state index in [1.165, 1.54) is 55.3 Å². The van der Waals surface area contributed by atoms with E-state index in [4.69, 9.17) is 0 Å². The van der Waals surface area contributed by atoms with Crippen LogP contribution in [0, 0.1) is 0 Å². The van der Waals surface area contributed by atoms with Gasteiger partial charge in [-0.25, -0.2) is 0 Å². The fourth-order valence-corrected chi connectivity index (χ4v) is 3.97. The van der Waals surface area contributed by atoms with E-state index >= 15 is 0 Å². The number of anilines is 1. The molecular weight excluding hydrogens is 262 g/mol. The van der Waals surface area contributed by atoms with E-state index in [9.17, 15) is 0 Å². The van der Waals surface area contributed by atoms with Crippen LogP contribution >= 0.6 is 11.3 Å². The number of rotatable bonds is 5. The number of unbranched alkanes of at least 4 members (excludes halogenated alkanes) is 1. The molecule has 2 heteroatoms. The Bertz CT molecular complexity index is 541. The Morgan fingerprint density at radius 1 is 1.20 bits per heavy atom. The highest BCUT2D eigenvalue weighted by atomic mass is 32.1. The second kappa shape index (κ2) is 6.45. The summed E-state index contributed by atoms with van der Waals surface area (Å²) in [5.41, 5.74) is 4.24. The lowest BCUT2D eigenvalue weighted by Gasteiger charge is -2.24. The molecule has 1 aliphatic carbocycles. The van der Waals surface area contributed by atoms with E-state index < -0.39 is 0 Å². The van der Waals surface area contributed by atoms with Crippen LogP contribution in [0.3, 0.4) is 0 Å². The molecule has 1 unspecified atom stereocenters. The summed E-state index contributed by atoms with van der Waals surface area (Å²) in [7, 11) is 0. The highest BCUT2D eigenvalue weighted by Crippen LogP contribution is 2.35. The molecule has 0 radical (unpaired) electrons. The summed E-state index contributed by atoms with van der Waals surface area (Å²) in [6.45, 7) is 2.25. The van der Waals surface area contributed by atoms with E-state index in [-0.39, 0.29) is 0 Å². The van der Waals surface area contributed by atoms with Gasteiger partial charge in [-0.05, 0) is 66.8 Å². The fraction of sp³-hybridized carbons (Fsp3) is 0.444. The van der Waals surface area contributed by atoms with Crippen molar-refractivity contribution in [3.05, 3.63) is 51.7 Å². The first-order chi connectivity index (χ1) is 9.86. The molecule has 1 atom stereocenters. The van der Waals surface area contributed by atoms with Gasteiger partial charge in [-0.15, -0.1) is 11.3 Å². The lowest BCUT2D eigenvalue weighted by Crippen LogP contribution is -2.15. The topological polar surface area (TPSA) is 12.0 Å². The Morgan fingerprint density at radius 3 is 2.85 bits per heavy atom. The van der Waals surface area contributed by atoms with Gasteiger partial charge in [-0.3, -0.25) is 0 Å². The van der Waals surface area contributed by atoms with E-state index in [2.05, 4.69) is 48.0 Å². The molecule has 106 valence electrons. The monoisotopic (exact) mass is 285 g/mol. The van der Waals surface area contributed by atoms with Gasteiger partial charge in [0.05, 0.1) is 6.04 Å². The third-order valence-electron chi connectivity index (χ3n) is 4.17. The number of hydrogen-bond donors (Lipinski definition) is 1. The minimum Gasteiger partial charge on any atom is -0.378 e. The van der Waals surface area contributed by atoms with Crippen molar-refractivity contribution in [2.45, 2.75) is 51.5 Å². The first kappa shape index (κ1) is 13.7. The van der Waals surface area contributed by atoms with Gasteiger partial charge in [0.25, 0.3) is 0 Å². The summed E-state index contributed by atoms with van der Waals surface area (Å²) in [5.74, 6) is 0. The molecule has 0 amide bonds. The van der Waals surface area contributed by atoms with E-state index in [1.54, 1.807) is 4.88 Å². The van der Waals surface area contributed by atoms with Crippen LogP contribution in [0.5, 0.6) is 0 Å².